The van der Waals surface area contributed by atoms with Crippen LogP contribution in [0.5, 0.6) is 5.88 Å². The van der Waals surface area contributed by atoms with Gasteiger partial charge in [0.2, 0.25) is 5.88 Å². The summed E-state index contributed by atoms with van der Waals surface area (Å²) < 4.78 is 10.0. The van der Waals surface area contributed by atoms with E-state index in [1.807, 2.05) is 0 Å². The average molecular weight is 275 g/mol. The fourth-order valence-corrected chi connectivity index (χ4v) is 1.56. The lowest BCUT2D eigenvalue weighted by atomic mass is 10.3. The fourth-order valence-electron chi connectivity index (χ4n) is 1.56. The van der Waals surface area contributed by atoms with Gasteiger partial charge in [0, 0.05) is 44.2 Å². The average Bonchev–Trinajstić information content (AvgIpc) is 2.52. The third kappa shape index (κ3) is 3.94. The van der Waals surface area contributed by atoms with Crippen molar-refractivity contribution in [3.63, 3.8) is 0 Å². The highest BCUT2D eigenvalue weighted by molar-refractivity contribution is 5.49. The lowest BCUT2D eigenvalue weighted by molar-refractivity contribution is 0.199. The molecule has 7 heteroatoms. The largest absolute Gasteiger partial charge is 0.481 e. The second-order valence-electron chi connectivity index (χ2n) is 4.03. The van der Waals surface area contributed by atoms with Crippen molar-refractivity contribution in [2.24, 2.45) is 0 Å². The van der Waals surface area contributed by atoms with Gasteiger partial charge in [0.1, 0.15) is 12.0 Å². The van der Waals surface area contributed by atoms with Crippen LogP contribution in [0.2, 0.25) is 0 Å². The van der Waals surface area contributed by atoms with E-state index in [1.54, 1.807) is 32.7 Å². The lowest BCUT2D eigenvalue weighted by Crippen LogP contribution is -2.18. The molecule has 0 fully saturated rings. The molecule has 106 valence electrons. The van der Waals surface area contributed by atoms with Gasteiger partial charge in [-0.3, -0.25) is 0 Å². The van der Waals surface area contributed by atoms with Crippen molar-refractivity contribution in [3.8, 4) is 17.4 Å². The number of methoxy groups -OCH3 is 2. The Morgan fingerprint density at radius 1 is 1.10 bits per heavy atom. The summed E-state index contributed by atoms with van der Waals surface area (Å²) in [5.74, 6) is 1.04. The van der Waals surface area contributed by atoms with Crippen molar-refractivity contribution in [1.82, 2.24) is 25.3 Å². The number of hydrogen-bond acceptors (Lipinski definition) is 7. The van der Waals surface area contributed by atoms with E-state index in [2.05, 4.69) is 25.3 Å². The molecule has 0 aromatic carbocycles. The first-order chi connectivity index (χ1) is 9.83. The minimum Gasteiger partial charge on any atom is -0.481 e. The Kier molecular flexibility index (Phi) is 5.33. The van der Waals surface area contributed by atoms with Crippen molar-refractivity contribution in [3.05, 3.63) is 30.4 Å². The van der Waals surface area contributed by atoms with Gasteiger partial charge in [-0.1, -0.05) is 0 Å². The number of nitrogens with one attached hydrogen (secondary N) is 1. The molecule has 0 unspecified atom stereocenters. The molecule has 7 nitrogen and oxygen atoms in total. The summed E-state index contributed by atoms with van der Waals surface area (Å²) in [6.45, 7) is 2.18. The Morgan fingerprint density at radius 3 is 2.60 bits per heavy atom. The second kappa shape index (κ2) is 7.46. The van der Waals surface area contributed by atoms with Gasteiger partial charge in [0.25, 0.3) is 0 Å². The zero-order valence-corrected chi connectivity index (χ0v) is 11.5. The van der Waals surface area contributed by atoms with Crippen LogP contribution in [-0.4, -0.2) is 47.3 Å². The standard InChI is InChI=1S/C13H17N5O2/c1-19-4-3-14-6-10-7-15-13(16-8-10)11-5-12(20-2)18-9-17-11/h5,7-9,14H,3-4,6H2,1-2H3. The minimum atomic E-state index is 0.490. The van der Waals surface area contributed by atoms with E-state index >= 15 is 0 Å². The van der Waals surface area contributed by atoms with Crippen LogP contribution in [0.25, 0.3) is 11.5 Å². The number of aromatic nitrogens is 4. The summed E-state index contributed by atoms with van der Waals surface area (Å²) in [6.07, 6.45) is 4.98. The molecule has 0 aliphatic heterocycles. The van der Waals surface area contributed by atoms with E-state index in [0.29, 0.717) is 30.5 Å². The molecule has 2 aromatic heterocycles. The third-order valence-corrected chi connectivity index (χ3v) is 2.60. The van der Waals surface area contributed by atoms with Gasteiger partial charge in [0.05, 0.1) is 13.7 Å². The number of nitrogens with zero attached hydrogens (tertiary/aromatic N) is 4. The van der Waals surface area contributed by atoms with Gasteiger partial charge in [-0.2, -0.15) is 0 Å². The summed E-state index contributed by atoms with van der Waals surface area (Å²) >= 11 is 0. The molecule has 0 radical (unpaired) electrons. The SMILES string of the molecule is COCCNCc1cnc(-c2cc(OC)ncn2)nc1. The van der Waals surface area contributed by atoms with Gasteiger partial charge in [-0.05, 0) is 0 Å². The Morgan fingerprint density at radius 2 is 1.90 bits per heavy atom. The molecule has 0 spiro atoms. The minimum absolute atomic E-state index is 0.490. The summed E-state index contributed by atoms with van der Waals surface area (Å²) in [7, 11) is 3.23. The van der Waals surface area contributed by atoms with Gasteiger partial charge >= 0.3 is 0 Å². The van der Waals surface area contributed by atoms with E-state index < -0.39 is 0 Å². The molecule has 0 aliphatic rings. The quantitative estimate of drug-likeness (QED) is 0.744. The molecule has 2 rings (SSSR count). The zero-order valence-electron chi connectivity index (χ0n) is 11.5. The highest BCUT2D eigenvalue weighted by Crippen LogP contribution is 2.15. The maximum Gasteiger partial charge on any atom is 0.216 e. The molecule has 0 saturated carbocycles. The number of rotatable bonds is 7. The number of ether oxygens (including phenoxy) is 2. The van der Waals surface area contributed by atoms with Gasteiger partial charge in [0.15, 0.2) is 5.82 Å². The fraction of sp³-hybridized carbons (Fsp3) is 0.385. The van der Waals surface area contributed by atoms with Crippen molar-refractivity contribution in [1.29, 1.82) is 0 Å². The molecule has 20 heavy (non-hydrogen) atoms. The molecule has 1 N–H and O–H groups in total. The van der Waals surface area contributed by atoms with E-state index in [0.717, 1.165) is 12.1 Å². The van der Waals surface area contributed by atoms with Crippen LogP contribution in [0.4, 0.5) is 0 Å². The molecular weight excluding hydrogens is 258 g/mol. The van der Waals surface area contributed by atoms with E-state index in [9.17, 15) is 0 Å². The first-order valence-electron chi connectivity index (χ1n) is 6.20. The summed E-state index contributed by atoms with van der Waals surface area (Å²) in [5, 5.41) is 3.23. The van der Waals surface area contributed by atoms with E-state index in [1.165, 1.54) is 6.33 Å². The van der Waals surface area contributed by atoms with E-state index in [-0.39, 0.29) is 0 Å². The van der Waals surface area contributed by atoms with Gasteiger partial charge < -0.3 is 14.8 Å². The van der Waals surface area contributed by atoms with Crippen molar-refractivity contribution >= 4 is 0 Å². The molecular formula is C13H17N5O2. The molecule has 2 heterocycles. The van der Waals surface area contributed by atoms with Gasteiger partial charge in [-0.15, -0.1) is 0 Å². The molecule has 0 atom stereocenters. The first-order valence-corrected chi connectivity index (χ1v) is 6.20. The Balaban J connectivity index is 2.00. The lowest BCUT2D eigenvalue weighted by Gasteiger charge is -2.05. The molecule has 0 bridgehead atoms. The number of hydrogen-bond donors (Lipinski definition) is 1. The van der Waals surface area contributed by atoms with Crippen LogP contribution in [0.1, 0.15) is 5.56 Å². The monoisotopic (exact) mass is 275 g/mol. The van der Waals surface area contributed by atoms with Crippen molar-refractivity contribution in [2.75, 3.05) is 27.4 Å². The third-order valence-electron chi connectivity index (χ3n) is 2.60. The smallest absolute Gasteiger partial charge is 0.216 e. The summed E-state index contributed by atoms with van der Waals surface area (Å²) in [4.78, 5) is 16.7. The second-order valence-corrected chi connectivity index (χ2v) is 4.03. The molecule has 2 aromatic rings. The predicted octanol–water partition coefficient (Wildman–Crippen LogP) is 0.678. The van der Waals surface area contributed by atoms with Crippen LogP contribution in [-0.2, 0) is 11.3 Å². The highest BCUT2D eigenvalue weighted by Gasteiger charge is 2.05. The Bertz CT molecular complexity index is 533. The first kappa shape index (κ1) is 14.3. The van der Waals surface area contributed by atoms with Crippen LogP contribution in [0.15, 0.2) is 24.8 Å². The van der Waals surface area contributed by atoms with Crippen LogP contribution < -0.4 is 10.1 Å². The predicted molar refractivity (Wildman–Crippen MR) is 73.2 cm³/mol. The zero-order chi connectivity index (χ0) is 14.2. The van der Waals surface area contributed by atoms with Crippen LogP contribution >= 0.6 is 0 Å². The topological polar surface area (TPSA) is 82.0 Å². The van der Waals surface area contributed by atoms with Crippen LogP contribution in [0.3, 0.4) is 0 Å². The normalized spacial score (nSPS) is 10.5. The van der Waals surface area contributed by atoms with Gasteiger partial charge in [-0.25, -0.2) is 19.9 Å². The maximum atomic E-state index is 5.05. The molecule has 0 saturated heterocycles. The van der Waals surface area contributed by atoms with Crippen LogP contribution in [0, 0.1) is 0 Å². The van der Waals surface area contributed by atoms with Crippen molar-refractivity contribution in [2.45, 2.75) is 6.54 Å². The Hall–Kier alpha value is -2.12. The Labute approximate surface area is 117 Å². The summed E-state index contributed by atoms with van der Waals surface area (Å²) in [6, 6.07) is 1.70. The molecule has 0 aliphatic carbocycles. The highest BCUT2D eigenvalue weighted by atomic mass is 16.5. The maximum absolute atomic E-state index is 5.05. The summed E-state index contributed by atoms with van der Waals surface area (Å²) in [5.41, 5.74) is 1.64. The molecule has 0 amide bonds. The van der Waals surface area contributed by atoms with E-state index in [4.69, 9.17) is 9.47 Å². The van der Waals surface area contributed by atoms with Crippen molar-refractivity contribution < 1.29 is 9.47 Å².